The third-order valence-electron chi connectivity index (χ3n) is 6.20. The van der Waals surface area contributed by atoms with E-state index in [9.17, 15) is 14.4 Å². The molecule has 174 valence electrons. The van der Waals surface area contributed by atoms with Crippen molar-refractivity contribution < 1.29 is 19.1 Å². The Morgan fingerprint density at radius 3 is 2.76 bits per heavy atom. The van der Waals surface area contributed by atoms with E-state index in [1.807, 2.05) is 23.1 Å². The van der Waals surface area contributed by atoms with Crippen molar-refractivity contribution in [2.75, 3.05) is 18.4 Å². The van der Waals surface area contributed by atoms with Crippen molar-refractivity contribution in [3.63, 3.8) is 0 Å². The van der Waals surface area contributed by atoms with Crippen molar-refractivity contribution in [1.29, 1.82) is 0 Å². The second kappa shape index (κ2) is 9.56. The summed E-state index contributed by atoms with van der Waals surface area (Å²) in [5.41, 5.74) is 3.01. The second-order valence-electron chi connectivity index (χ2n) is 8.40. The molecule has 9 heteroatoms. The maximum atomic E-state index is 12.7. The highest BCUT2D eigenvalue weighted by atomic mass is 35.5. The molecule has 0 aliphatic carbocycles. The van der Waals surface area contributed by atoms with Crippen LogP contribution in [0.2, 0.25) is 5.02 Å². The molecule has 0 unspecified atom stereocenters. The van der Waals surface area contributed by atoms with Gasteiger partial charge < -0.3 is 15.0 Å². The molecule has 0 radical (unpaired) electrons. The van der Waals surface area contributed by atoms with E-state index in [0.29, 0.717) is 41.5 Å². The highest BCUT2D eigenvalue weighted by Crippen LogP contribution is 2.31. The first-order valence-electron chi connectivity index (χ1n) is 11.1. The van der Waals surface area contributed by atoms with E-state index < -0.39 is 0 Å². The zero-order chi connectivity index (χ0) is 23.7. The Labute approximate surface area is 205 Å². The van der Waals surface area contributed by atoms with Crippen LogP contribution in [0.25, 0.3) is 0 Å². The number of hydrogen-bond acceptors (Lipinski definition) is 6. The number of ether oxygens (including phenoxy) is 1. The van der Waals surface area contributed by atoms with Gasteiger partial charge in [0.05, 0.1) is 17.0 Å². The van der Waals surface area contributed by atoms with Gasteiger partial charge in [-0.15, -0.1) is 11.3 Å². The summed E-state index contributed by atoms with van der Waals surface area (Å²) in [6.45, 7) is 1.57. The number of carbonyl (C=O) groups excluding carboxylic acids is 3. The molecule has 2 amide bonds. The number of likely N-dealkylation sites (tertiary alicyclic amines) is 1. The maximum Gasteiger partial charge on any atom is 0.338 e. The van der Waals surface area contributed by atoms with E-state index in [0.717, 1.165) is 29.0 Å². The summed E-state index contributed by atoms with van der Waals surface area (Å²) in [5.74, 6) is -0.408. The predicted octanol–water partition coefficient (Wildman–Crippen LogP) is 4.67. The Hall–Kier alpha value is -3.23. The first kappa shape index (κ1) is 22.6. The largest absolute Gasteiger partial charge is 0.457 e. The lowest BCUT2D eigenvalue weighted by atomic mass is 9.97. The molecule has 1 aromatic heterocycles. The van der Waals surface area contributed by atoms with Gasteiger partial charge in [-0.25, -0.2) is 9.78 Å². The minimum absolute atomic E-state index is 0.0731. The Balaban J connectivity index is 1.17. The monoisotopic (exact) mass is 495 g/mol. The molecular formula is C25H22ClN3O4S. The van der Waals surface area contributed by atoms with Gasteiger partial charge in [0.15, 0.2) is 0 Å². The number of thiazole rings is 1. The lowest BCUT2D eigenvalue weighted by molar-refractivity contribution is -0.131. The number of aromatic nitrogens is 1. The van der Waals surface area contributed by atoms with E-state index in [4.69, 9.17) is 16.3 Å². The van der Waals surface area contributed by atoms with E-state index in [2.05, 4.69) is 10.3 Å². The number of esters is 1. The summed E-state index contributed by atoms with van der Waals surface area (Å²) in [7, 11) is 0. The number of fused-ring (bicyclic) bond motifs is 1. The minimum atomic E-state index is -0.376. The number of nitrogens with one attached hydrogen (secondary N) is 1. The molecule has 0 spiro atoms. The van der Waals surface area contributed by atoms with Crippen molar-refractivity contribution in [2.45, 2.75) is 31.8 Å². The summed E-state index contributed by atoms with van der Waals surface area (Å²) >= 11 is 7.65. The molecule has 2 aliphatic heterocycles. The first-order valence-corrected chi connectivity index (χ1v) is 12.3. The average Bonchev–Trinajstić information content (AvgIpc) is 3.48. The fraction of sp³-hybridized carbons (Fsp3) is 0.280. The molecule has 7 nitrogen and oxygen atoms in total. The van der Waals surface area contributed by atoms with Crippen LogP contribution in [0, 0.1) is 0 Å². The molecule has 1 fully saturated rings. The van der Waals surface area contributed by atoms with Crippen LogP contribution in [0.4, 0.5) is 5.69 Å². The van der Waals surface area contributed by atoms with Gasteiger partial charge in [-0.3, -0.25) is 9.59 Å². The van der Waals surface area contributed by atoms with Gasteiger partial charge in [-0.2, -0.15) is 0 Å². The highest BCUT2D eigenvalue weighted by molar-refractivity contribution is 7.10. The quantitative estimate of drug-likeness (QED) is 0.520. The minimum Gasteiger partial charge on any atom is -0.457 e. The molecular weight excluding hydrogens is 474 g/mol. The van der Waals surface area contributed by atoms with Crippen molar-refractivity contribution in [2.24, 2.45) is 0 Å². The van der Waals surface area contributed by atoms with Crippen molar-refractivity contribution >= 4 is 46.4 Å². The van der Waals surface area contributed by atoms with E-state index in [1.54, 1.807) is 29.6 Å². The number of carbonyl (C=O) groups is 3. The van der Waals surface area contributed by atoms with Gasteiger partial charge in [0.1, 0.15) is 12.3 Å². The maximum absolute atomic E-state index is 12.7. The van der Waals surface area contributed by atoms with Crippen molar-refractivity contribution in [3.05, 3.63) is 80.3 Å². The molecule has 2 aliphatic rings. The number of benzene rings is 2. The second-order valence-corrected chi connectivity index (χ2v) is 9.69. The molecule has 0 bridgehead atoms. The Bertz CT molecular complexity index is 1270. The zero-order valence-electron chi connectivity index (χ0n) is 18.3. The molecule has 0 saturated carbocycles. The number of piperidine rings is 1. The highest BCUT2D eigenvalue weighted by Gasteiger charge is 2.27. The van der Waals surface area contributed by atoms with Crippen LogP contribution in [-0.2, 0) is 22.6 Å². The summed E-state index contributed by atoms with van der Waals surface area (Å²) < 4.78 is 5.00. The summed E-state index contributed by atoms with van der Waals surface area (Å²) in [4.78, 5) is 43.6. The van der Waals surface area contributed by atoms with E-state index in [1.165, 1.54) is 11.3 Å². The standard InChI is InChI=1S/C25H22ClN3O4S/c26-20-4-2-1-3-16(20)11-22(30)29-9-7-15(8-10-29)24-28-21(14-34-24)23(31)27-18-6-5-17-13-33-25(32)19(17)12-18/h1-6,12,14-15H,7-11,13H2,(H,27,31). The van der Waals surface area contributed by atoms with Crippen molar-refractivity contribution in [3.8, 4) is 0 Å². The van der Waals surface area contributed by atoms with Gasteiger partial charge in [-0.1, -0.05) is 35.9 Å². The molecule has 1 saturated heterocycles. The topological polar surface area (TPSA) is 88.6 Å². The molecule has 3 heterocycles. The number of hydrogen-bond donors (Lipinski definition) is 1. The van der Waals surface area contributed by atoms with Gasteiger partial charge in [0.2, 0.25) is 5.91 Å². The fourth-order valence-corrected chi connectivity index (χ4v) is 5.43. The lowest BCUT2D eigenvalue weighted by Gasteiger charge is -2.31. The van der Waals surface area contributed by atoms with Crippen LogP contribution >= 0.6 is 22.9 Å². The lowest BCUT2D eigenvalue weighted by Crippen LogP contribution is -2.38. The SMILES string of the molecule is O=C(Nc1ccc2c(c1)C(=O)OC2)c1csc(C2CCN(C(=O)Cc3ccccc3Cl)CC2)n1. The summed E-state index contributed by atoms with van der Waals surface area (Å²) in [5, 5.41) is 6.07. The Morgan fingerprint density at radius 1 is 1.18 bits per heavy atom. The predicted molar refractivity (Wildman–Crippen MR) is 129 cm³/mol. The third kappa shape index (κ3) is 4.69. The molecule has 0 atom stereocenters. The van der Waals surface area contributed by atoms with E-state index in [-0.39, 0.29) is 30.3 Å². The molecule has 2 aromatic carbocycles. The van der Waals surface area contributed by atoms with Crippen LogP contribution < -0.4 is 5.32 Å². The number of cyclic esters (lactones) is 1. The van der Waals surface area contributed by atoms with Gasteiger partial charge in [-0.05, 0) is 36.6 Å². The summed E-state index contributed by atoms with van der Waals surface area (Å²) in [6, 6.07) is 12.6. The molecule has 1 N–H and O–H groups in total. The van der Waals surface area contributed by atoms with Gasteiger partial charge in [0.25, 0.3) is 5.91 Å². The number of amides is 2. The van der Waals surface area contributed by atoms with E-state index >= 15 is 0 Å². The number of nitrogens with zero attached hydrogens (tertiary/aromatic N) is 2. The third-order valence-corrected chi connectivity index (χ3v) is 7.57. The fourth-order valence-electron chi connectivity index (χ4n) is 4.26. The average molecular weight is 496 g/mol. The van der Waals surface area contributed by atoms with Crippen LogP contribution in [0.5, 0.6) is 0 Å². The first-order chi connectivity index (χ1) is 16.5. The number of anilines is 1. The Kier molecular flexibility index (Phi) is 6.34. The normalized spacial score (nSPS) is 15.7. The van der Waals surface area contributed by atoms with Crippen LogP contribution in [-0.4, -0.2) is 40.8 Å². The molecule has 5 rings (SSSR count). The van der Waals surface area contributed by atoms with Gasteiger partial charge in [0, 0.05) is 40.7 Å². The van der Waals surface area contributed by atoms with Crippen molar-refractivity contribution in [1.82, 2.24) is 9.88 Å². The zero-order valence-corrected chi connectivity index (χ0v) is 19.8. The Morgan fingerprint density at radius 2 is 1.97 bits per heavy atom. The smallest absolute Gasteiger partial charge is 0.338 e. The number of halogens is 1. The van der Waals surface area contributed by atoms with Gasteiger partial charge >= 0.3 is 5.97 Å². The van der Waals surface area contributed by atoms with Crippen LogP contribution in [0.15, 0.2) is 47.8 Å². The van der Waals surface area contributed by atoms with Crippen LogP contribution in [0.1, 0.15) is 55.7 Å². The molecule has 34 heavy (non-hydrogen) atoms. The summed E-state index contributed by atoms with van der Waals surface area (Å²) in [6.07, 6.45) is 1.90. The van der Waals surface area contributed by atoms with Crippen LogP contribution in [0.3, 0.4) is 0 Å². The molecule has 3 aromatic rings. The number of rotatable bonds is 5.